The summed E-state index contributed by atoms with van der Waals surface area (Å²) in [6.07, 6.45) is 1.71. The van der Waals surface area contributed by atoms with Crippen LogP contribution in [-0.2, 0) is 0 Å². The number of amides is 2. The van der Waals surface area contributed by atoms with E-state index in [1.165, 1.54) is 39.1 Å². The number of nitrogens with zero attached hydrogens (tertiary/aromatic N) is 3. The lowest BCUT2D eigenvalue weighted by Crippen LogP contribution is -2.29. The second-order valence-corrected chi connectivity index (χ2v) is 10.7. The van der Waals surface area contributed by atoms with E-state index in [0.717, 1.165) is 20.2 Å². The highest BCUT2D eigenvalue weighted by Crippen LogP contribution is 2.37. The van der Waals surface area contributed by atoms with Gasteiger partial charge in [-0.25, -0.2) is 9.88 Å². The Morgan fingerprint density at radius 2 is 1.69 bits per heavy atom. The van der Waals surface area contributed by atoms with Gasteiger partial charge in [-0.1, -0.05) is 18.2 Å². The topological polar surface area (TPSA) is 75.8 Å². The Balaban J connectivity index is 1.20. The van der Waals surface area contributed by atoms with Crippen molar-refractivity contribution in [3.8, 4) is 0 Å². The summed E-state index contributed by atoms with van der Waals surface area (Å²) in [5.41, 5.74) is 5.50. The summed E-state index contributed by atoms with van der Waals surface area (Å²) < 4.78 is 7.60. The number of fused-ring (bicyclic) bond motifs is 2. The molecule has 6 nitrogen and oxygen atoms in total. The van der Waals surface area contributed by atoms with Crippen LogP contribution < -0.4 is 4.90 Å². The number of carbonyl (C=O) groups is 2. The molecule has 2 amide bonds. The number of carbonyl (C=O) groups excluding carboxylic acids is 2. The predicted molar refractivity (Wildman–Crippen MR) is 143 cm³/mol. The molecule has 3 heterocycles. The van der Waals surface area contributed by atoms with Crippen LogP contribution in [0, 0.1) is 13.8 Å². The molecule has 0 fully saturated rings. The number of imide groups is 1. The molecule has 1 aliphatic rings. The molecule has 8 heteroatoms. The molecule has 2 aromatic heterocycles. The largest absolute Gasteiger partial charge is 0.448 e. The molecule has 0 saturated carbocycles. The molecule has 0 unspecified atom stereocenters. The quantitative estimate of drug-likeness (QED) is 0.185. The number of hydrogen-bond acceptors (Lipinski definition) is 7. The standard InChI is InChI=1S/C28H19N3O3S2/c1-16-7-8-18(13-17(16)2)29-15-20-10-12-25(34-20)36-28-30-23-11-9-19(14-24(23)35-28)31-26(32)21-5-3-4-6-22(21)27(31)33/h3-15H,1-2H3. The second kappa shape index (κ2) is 8.89. The normalized spacial score (nSPS) is 13.3. The van der Waals surface area contributed by atoms with Crippen LogP contribution in [0.25, 0.3) is 10.2 Å². The van der Waals surface area contributed by atoms with Crippen LogP contribution in [0.3, 0.4) is 0 Å². The van der Waals surface area contributed by atoms with E-state index >= 15 is 0 Å². The molecule has 176 valence electrons. The van der Waals surface area contributed by atoms with Crippen LogP contribution >= 0.6 is 23.1 Å². The van der Waals surface area contributed by atoms with Crippen LogP contribution in [0.4, 0.5) is 11.4 Å². The lowest BCUT2D eigenvalue weighted by atomic mass is 10.1. The highest BCUT2D eigenvalue weighted by atomic mass is 32.2. The Morgan fingerprint density at radius 1 is 0.917 bits per heavy atom. The minimum Gasteiger partial charge on any atom is -0.448 e. The number of aryl methyl sites for hydroxylation is 2. The van der Waals surface area contributed by atoms with E-state index in [1.54, 1.807) is 36.5 Å². The van der Waals surface area contributed by atoms with Crippen molar-refractivity contribution in [1.82, 2.24) is 4.98 Å². The number of benzene rings is 3. The summed E-state index contributed by atoms with van der Waals surface area (Å²) in [6.45, 7) is 4.14. The zero-order chi connectivity index (χ0) is 24.8. The van der Waals surface area contributed by atoms with Crippen molar-refractivity contribution in [3.05, 3.63) is 101 Å². The van der Waals surface area contributed by atoms with E-state index in [9.17, 15) is 9.59 Å². The zero-order valence-corrected chi connectivity index (χ0v) is 21.0. The summed E-state index contributed by atoms with van der Waals surface area (Å²) in [5, 5.41) is 0.705. The average molecular weight is 510 g/mol. The first-order valence-electron chi connectivity index (χ1n) is 11.2. The van der Waals surface area contributed by atoms with Crippen LogP contribution in [0.5, 0.6) is 0 Å². The third-order valence-electron chi connectivity index (χ3n) is 6.03. The monoisotopic (exact) mass is 509 g/mol. The summed E-state index contributed by atoms with van der Waals surface area (Å²) in [5.74, 6) is 0.0454. The number of anilines is 1. The van der Waals surface area contributed by atoms with Crippen molar-refractivity contribution < 1.29 is 14.0 Å². The third kappa shape index (κ3) is 4.04. The van der Waals surface area contributed by atoms with E-state index < -0.39 is 0 Å². The molecule has 5 aromatic rings. The highest BCUT2D eigenvalue weighted by Gasteiger charge is 2.36. The van der Waals surface area contributed by atoms with Gasteiger partial charge in [0.05, 0.1) is 38.9 Å². The minimum atomic E-state index is -0.306. The van der Waals surface area contributed by atoms with Crippen molar-refractivity contribution in [2.45, 2.75) is 23.3 Å². The molecule has 6 rings (SSSR count). The molecule has 0 spiro atoms. The van der Waals surface area contributed by atoms with Crippen molar-refractivity contribution in [3.63, 3.8) is 0 Å². The van der Waals surface area contributed by atoms with Gasteiger partial charge >= 0.3 is 0 Å². The fraction of sp³-hybridized carbons (Fsp3) is 0.0714. The highest BCUT2D eigenvalue weighted by molar-refractivity contribution is 8.01. The smallest absolute Gasteiger partial charge is 0.266 e. The summed E-state index contributed by atoms with van der Waals surface area (Å²) >= 11 is 2.90. The Bertz CT molecular complexity index is 1660. The first-order valence-corrected chi connectivity index (χ1v) is 12.9. The van der Waals surface area contributed by atoms with Gasteiger partial charge in [-0.2, -0.15) is 0 Å². The van der Waals surface area contributed by atoms with Crippen LogP contribution in [-0.4, -0.2) is 23.0 Å². The van der Waals surface area contributed by atoms with E-state index in [0.29, 0.717) is 27.7 Å². The van der Waals surface area contributed by atoms with E-state index in [4.69, 9.17) is 4.42 Å². The molecule has 0 radical (unpaired) electrons. The summed E-state index contributed by atoms with van der Waals surface area (Å²) in [4.78, 5) is 36.1. The van der Waals surface area contributed by atoms with Crippen LogP contribution in [0.1, 0.15) is 37.6 Å². The van der Waals surface area contributed by atoms with E-state index in [-0.39, 0.29) is 11.8 Å². The molecule has 36 heavy (non-hydrogen) atoms. The molecule has 0 saturated heterocycles. The lowest BCUT2D eigenvalue weighted by Gasteiger charge is -2.13. The van der Waals surface area contributed by atoms with Gasteiger partial charge in [-0.15, -0.1) is 11.3 Å². The van der Waals surface area contributed by atoms with E-state index in [1.807, 2.05) is 36.4 Å². The first-order chi connectivity index (χ1) is 17.5. The van der Waals surface area contributed by atoms with Crippen LogP contribution in [0.2, 0.25) is 0 Å². The third-order valence-corrected chi connectivity index (χ3v) is 8.03. The van der Waals surface area contributed by atoms with Gasteiger partial charge in [0, 0.05) is 0 Å². The van der Waals surface area contributed by atoms with Crippen molar-refractivity contribution in [2.24, 2.45) is 4.99 Å². The maximum absolute atomic E-state index is 12.8. The van der Waals surface area contributed by atoms with E-state index in [2.05, 4.69) is 29.9 Å². The Labute approximate surface area is 215 Å². The van der Waals surface area contributed by atoms with Gasteiger partial charge in [-0.05, 0) is 91.3 Å². The fourth-order valence-corrected chi connectivity index (χ4v) is 5.99. The number of rotatable bonds is 5. The van der Waals surface area contributed by atoms with Crippen molar-refractivity contribution >= 4 is 62.7 Å². The zero-order valence-electron chi connectivity index (χ0n) is 19.4. The Morgan fingerprint density at radius 3 is 2.44 bits per heavy atom. The Kier molecular flexibility index (Phi) is 5.55. The second-order valence-electron chi connectivity index (χ2n) is 8.41. The van der Waals surface area contributed by atoms with Gasteiger partial charge in [0.15, 0.2) is 9.43 Å². The van der Waals surface area contributed by atoms with Crippen LogP contribution in [0.15, 0.2) is 91.6 Å². The molecule has 3 aromatic carbocycles. The molecular weight excluding hydrogens is 490 g/mol. The van der Waals surface area contributed by atoms with Gasteiger partial charge < -0.3 is 4.42 Å². The van der Waals surface area contributed by atoms with Crippen molar-refractivity contribution in [1.29, 1.82) is 0 Å². The maximum atomic E-state index is 12.8. The molecule has 1 aliphatic heterocycles. The SMILES string of the molecule is Cc1ccc(N=Cc2ccc(Sc3nc4ccc(N5C(=O)c6ccccc6C5=O)cc4s3)o2)cc1C. The first kappa shape index (κ1) is 22.5. The van der Waals surface area contributed by atoms with Gasteiger partial charge in [0.2, 0.25) is 0 Å². The average Bonchev–Trinajstić information content (AvgIpc) is 3.56. The summed E-state index contributed by atoms with van der Waals surface area (Å²) in [6, 6.07) is 22.2. The van der Waals surface area contributed by atoms with Crippen molar-refractivity contribution in [2.75, 3.05) is 4.90 Å². The number of aromatic nitrogens is 1. The molecule has 0 aliphatic carbocycles. The Hall–Kier alpha value is -4.01. The van der Waals surface area contributed by atoms with Gasteiger partial charge in [0.25, 0.3) is 11.8 Å². The van der Waals surface area contributed by atoms with Gasteiger partial charge in [0.1, 0.15) is 5.76 Å². The minimum absolute atomic E-state index is 0.306. The maximum Gasteiger partial charge on any atom is 0.266 e. The molecule has 0 bridgehead atoms. The number of thiazole rings is 1. The number of furan rings is 1. The molecule has 0 atom stereocenters. The number of hydrogen-bond donors (Lipinski definition) is 0. The number of aliphatic imine (C=N–C) groups is 1. The lowest BCUT2D eigenvalue weighted by molar-refractivity contribution is 0.0926. The molecular formula is C28H19N3O3S2. The molecule has 0 N–H and O–H groups in total. The fourth-order valence-electron chi connectivity index (χ4n) is 3.99. The predicted octanol–water partition coefficient (Wildman–Crippen LogP) is 7.21. The summed E-state index contributed by atoms with van der Waals surface area (Å²) in [7, 11) is 0. The van der Waals surface area contributed by atoms with Gasteiger partial charge in [-0.3, -0.25) is 14.6 Å².